The highest BCUT2D eigenvalue weighted by Crippen LogP contribution is 1.99. The van der Waals surface area contributed by atoms with Gasteiger partial charge in [0.1, 0.15) is 5.84 Å². The van der Waals surface area contributed by atoms with Crippen LogP contribution in [0.1, 0.15) is 5.56 Å². The number of hydrogen-bond donors (Lipinski definition) is 3. The molecule has 1 aromatic heterocycles. The molecule has 0 aliphatic rings. The summed E-state index contributed by atoms with van der Waals surface area (Å²) in [6, 6.07) is 3.48. The third-order valence-electron chi connectivity index (χ3n) is 1.63. The van der Waals surface area contributed by atoms with Crippen LogP contribution in [0, 0.1) is 10.8 Å². The summed E-state index contributed by atoms with van der Waals surface area (Å²) in [6.07, 6.45) is 3.19. The predicted octanol–water partition coefficient (Wildman–Crippen LogP) is 0.232. The van der Waals surface area contributed by atoms with E-state index in [1.165, 1.54) is 4.90 Å². The van der Waals surface area contributed by atoms with Gasteiger partial charge >= 0.3 is 0 Å². The van der Waals surface area contributed by atoms with Gasteiger partial charge in [0.2, 0.25) is 0 Å². The third-order valence-corrected chi connectivity index (χ3v) is 1.63. The molecule has 5 heteroatoms. The van der Waals surface area contributed by atoms with Crippen LogP contribution in [0.2, 0.25) is 0 Å². The molecule has 0 radical (unpaired) electrons. The van der Waals surface area contributed by atoms with Gasteiger partial charge in [0.15, 0.2) is 5.96 Å². The smallest absolute Gasteiger partial charge is 0.193 e. The summed E-state index contributed by atoms with van der Waals surface area (Å²) in [7, 11) is 1.57. The molecule has 0 atom stereocenters. The third kappa shape index (κ3) is 2.02. The van der Waals surface area contributed by atoms with Crippen LogP contribution in [0.15, 0.2) is 24.5 Å². The first kappa shape index (κ1) is 9.18. The molecule has 0 bridgehead atoms. The lowest BCUT2D eigenvalue weighted by molar-refractivity contribution is 0.728. The molecule has 0 aliphatic heterocycles. The Balaban J connectivity index is 2.86. The summed E-state index contributed by atoms with van der Waals surface area (Å²) in [5.41, 5.74) is 5.86. The zero-order chi connectivity index (χ0) is 9.84. The van der Waals surface area contributed by atoms with Crippen molar-refractivity contribution in [2.45, 2.75) is 0 Å². The van der Waals surface area contributed by atoms with Crippen LogP contribution in [0.3, 0.4) is 0 Å². The molecule has 1 rings (SSSR count). The van der Waals surface area contributed by atoms with Crippen molar-refractivity contribution in [2.75, 3.05) is 7.05 Å². The van der Waals surface area contributed by atoms with E-state index in [1.807, 2.05) is 0 Å². The Kier molecular flexibility index (Phi) is 2.59. The van der Waals surface area contributed by atoms with Crippen LogP contribution in [0.5, 0.6) is 0 Å². The van der Waals surface area contributed by atoms with Gasteiger partial charge in [-0.1, -0.05) is 0 Å². The quantitative estimate of drug-likeness (QED) is 0.423. The normalized spacial score (nSPS) is 9.31. The molecule has 0 aromatic carbocycles. The molecule has 13 heavy (non-hydrogen) atoms. The van der Waals surface area contributed by atoms with Crippen molar-refractivity contribution in [2.24, 2.45) is 5.73 Å². The molecule has 0 aliphatic carbocycles. The monoisotopic (exact) mass is 177 g/mol. The van der Waals surface area contributed by atoms with Crippen molar-refractivity contribution < 1.29 is 0 Å². The lowest BCUT2D eigenvalue weighted by Gasteiger charge is -2.16. The van der Waals surface area contributed by atoms with E-state index in [9.17, 15) is 0 Å². The van der Waals surface area contributed by atoms with Crippen LogP contribution in [0.25, 0.3) is 0 Å². The van der Waals surface area contributed by atoms with E-state index in [4.69, 9.17) is 16.6 Å². The number of nitrogens with zero attached hydrogens (tertiary/aromatic N) is 2. The second-order valence-corrected chi connectivity index (χ2v) is 2.53. The van der Waals surface area contributed by atoms with E-state index in [2.05, 4.69) is 4.98 Å². The fraction of sp³-hybridized carbons (Fsp3) is 0.125. The van der Waals surface area contributed by atoms with Gasteiger partial charge in [-0.05, 0) is 12.1 Å². The average Bonchev–Trinajstić information content (AvgIpc) is 2.17. The first-order valence-electron chi connectivity index (χ1n) is 3.69. The van der Waals surface area contributed by atoms with Crippen molar-refractivity contribution in [1.29, 1.82) is 10.8 Å². The van der Waals surface area contributed by atoms with Crippen molar-refractivity contribution >= 4 is 11.8 Å². The summed E-state index contributed by atoms with van der Waals surface area (Å²) in [5, 5.41) is 14.8. The first-order valence-corrected chi connectivity index (χ1v) is 3.69. The highest BCUT2D eigenvalue weighted by atomic mass is 15.2. The molecule has 4 N–H and O–H groups in total. The number of nitrogens with two attached hydrogens (primary N) is 1. The number of nitrogens with one attached hydrogen (secondary N) is 2. The molecule has 1 heterocycles. The summed E-state index contributed by atoms with van der Waals surface area (Å²) in [5.74, 6) is 0.00875. The summed E-state index contributed by atoms with van der Waals surface area (Å²) >= 11 is 0. The maximum atomic E-state index is 7.63. The van der Waals surface area contributed by atoms with Gasteiger partial charge in [-0.2, -0.15) is 0 Å². The maximum absolute atomic E-state index is 7.63. The Hall–Kier alpha value is -1.91. The molecule has 0 spiro atoms. The van der Waals surface area contributed by atoms with Crippen molar-refractivity contribution in [1.82, 2.24) is 9.88 Å². The zero-order valence-electron chi connectivity index (χ0n) is 7.28. The number of hydrogen-bond acceptors (Lipinski definition) is 3. The van der Waals surface area contributed by atoms with E-state index < -0.39 is 0 Å². The second kappa shape index (κ2) is 3.66. The summed E-state index contributed by atoms with van der Waals surface area (Å²) < 4.78 is 0. The van der Waals surface area contributed by atoms with E-state index >= 15 is 0 Å². The fourth-order valence-electron chi connectivity index (χ4n) is 0.817. The fourth-order valence-corrected chi connectivity index (χ4v) is 0.817. The van der Waals surface area contributed by atoms with Crippen molar-refractivity contribution in [3.05, 3.63) is 30.1 Å². The molecule has 0 unspecified atom stereocenters. The van der Waals surface area contributed by atoms with Gasteiger partial charge in [0, 0.05) is 25.0 Å². The van der Waals surface area contributed by atoms with Crippen molar-refractivity contribution in [3.8, 4) is 0 Å². The predicted molar refractivity (Wildman–Crippen MR) is 50.7 cm³/mol. The van der Waals surface area contributed by atoms with Crippen LogP contribution in [-0.4, -0.2) is 28.7 Å². The SMILES string of the molecule is CN(C(=N)N)C(=N)c1cccnc1. The number of rotatable bonds is 1. The van der Waals surface area contributed by atoms with Crippen LogP contribution >= 0.6 is 0 Å². The minimum absolute atomic E-state index is 0.158. The average molecular weight is 177 g/mol. The highest BCUT2D eigenvalue weighted by molar-refractivity contribution is 6.05. The maximum Gasteiger partial charge on any atom is 0.193 e. The van der Waals surface area contributed by atoms with E-state index in [-0.39, 0.29) is 11.8 Å². The minimum atomic E-state index is -0.158. The second-order valence-electron chi connectivity index (χ2n) is 2.53. The number of pyridine rings is 1. The molecule has 0 amide bonds. The lowest BCUT2D eigenvalue weighted by Crippen LogP contribution is -2.37. The van der Waals surface area contributed by atoms with Gasteiger partial charge < -0.3 is 10.6 Å². The Morgan fingerprint density at radius 3 is 2.69 bits per heavy atom. The molecule has 0 saturated heterocycles. The van der Waals surface area contributed by atoms with Gasteiger partial charge in [0.25, 0.3) is 0 Å². The van der Waals surface area contributed by atoms with E-state index in [0.29, 0.717) is 5.56 Å². The Bertz CT molecular complexity index is 319. The molecular formula is C8H11N5. The van der Waals surface area contributed by atoms with Gasteiger partial charge in [0.05, 0.1) is 0 Å². The Morgan fingerprint density at radius 2 is 2.23 bits per heavy atom. The molecule has 68 valence electrons. The highest BCUT2D eigenvalue weighted by Gasteiger charge is 2.08. The van der Waals surface area contributed by atoms with Gasteiger partial charge in [-0.15, -0.1) is 0 Å². The largest absolute Gasteiger partial charge is 0.370 e. The topological polar surface area (TPSA) is 89.9 Å². The summed E-state index contributed by atoms with van der Waals surface area (Å²) in [4.78, 5) is 5.14. The van der Waals surface area contributed by atoms with Crippen LogP contribution < -0.4 is 5.73 Å². The van der Waals surface area contributed by atoms with Crippen LogP contribution in [0.4, 0.5) is 0 Å². The minimum Gasteiger partial charge on any atom is -0.370 e. The van der Waals surface area contributed by atoms with Crippen molar-refractivity contribution in [3.63, 3.8) is 0 Å². The number of guanidine groups is 1. The standard InChI is InChI=1S/C8H11N5/c1-13(8(10)11)7(9)6-3-2-4-12-5-6/h2-5,9H,1H3,(H3,10,11). The zero-order valence-corrected chi connectivity index (χ0v) is 7.28. The summed E-state index contributed by atoms with van der Waals surface area (Å²) in [6.45, 7) is 0. The Labute approximate surface area is 76.2 Å². The van der Waals surface area contributed by atoms with Gasteiger partial charge in [-0.25, -0.2) is 0 Å². The lowest BCUT2D eigenvalue weighted by atomic mass is 10.2. The first-order chi connectivity index (χ1) is 6.13. The number of aromatic nitrogens is 1. The Morgan fingerprint density at radius 1 is 1.54 bits per heavy atom. The number of amidine groups is 1. The molecular weight excluding hydrogens is 166 g/mol. The van der Waals surface area contributed by atoms with Gasteiger partial charge in [-0.3, -0.25) is 15.8 Å². The molecule has 1 aromatic rings. The van der Waals surface area contributed by atoms with Crippen LogP contribution in [-0.2, 0) is 0 Å². The van der Waals surface area contributed by atoms with E-state index in [1.54, 1.807) is 31.6 Å². The molecule has 5 nitrogen and oxygen atoms in total. The van der Waals surface area contributed by atoms with E-state index in [0.717, 1.165) is 0 Å². The molecule has 0 saturated carbocycles. The molecule has 0 fully saturated rings.